The number of ether oxygens (including phenoxy) is 1. The van der Waals surface area contributed by atoms with Crippen molar-refractivity contribution in [1.29, 1.82) is 0 Å². The van der Waals surface area contributed by atoms with Gasteiger partial charge >= 0.3 is 0 Å². The number of benzene rings is 1. The van der Waals surface area contributed by atoms with Gasteiger partial charge in [0, 0.05) is 42.3 Å². The molecule has 1 atom stereocenters. The van der Waals surface area contributed by atoms with Crippen LogP contribution in [0.1, 0.15) is 18.5 Å². The smallest absolute Gasteiger partial charge is 0.0746 e. The molecule has 3 aromatic rings. The summed E-state index contributed by atoms with van der Waals surface area (Å²) < 4.78 is 5.43. The van der Waals surface area contributed by atoms with Crippen molar-refractivity contribution < 1.29 is 4.74 Å². The molecule has 1 saturated heterocycles. The molecule has 1 N–H and O–H groups in total. The number of hydrogen-bond acceptors (Lipinski definition) is 5. The Kier molecular flexibility index (Phi) is 4.71. The van der Waals surface area contributed by atoms with Gasteiger partial charge in [0.15, 0.2) is 0 Å². The summed E-state index contributed by atoms with van der Waals surface area (Å²) in [6, 6.07) is 13.0. The third-order valence-corrected chi connectivity index (χ3v) is 4.91. The highest BCUT2D eigenvalue weighted by Gasteiger charge is 2.26. The second kappa shape index (κ2) is 7.30. The van der Waals surface area contributed by atoms with Crippen LogP contribution in [0.15, 0.2) is 48.8 Å². The molecule has 0 saturated carbocycles. The molecule has 0 unspecified atom stereocenters. The largest absolute Gasteiger partial charge is 0.383 e. The Balaban J connectivity index is 1.71. The number of rotatable bonds is 5. The minimum atomic E-state index is 0.443. The number of aryl methyl sites for hydroxylation is 1. The molecule has 0 amide bonds. The summed E-state index contributed by atoms with van der Waals surface area (Å²) >= 11 is 0. The standard InChI is InChI=1S/C21H24N4O/c1-15-11-21(25-10-4-6-18(25)14-26-2)19-8-7-16(12-20(19)23-15)24-17-5-3-9-22-13-17/h3,5,7-9,11-13,18,24H,4,6,10,14H2,1-2H3/t18-/m0/s1. The lowest BCUT2D eigenvalue weighted by Crippen LogP contribution is -2.33. The monoisotopic (exact) mass is 348 g/mol. The quantitative estimate of drug-likeness (QED) is 0.745. The van der Waals surface area contributed by atoms with Crippen molar-refractivity contribution >= 4 is 28.0 Å². The molecule has 134 valence electrons. The third kappa shape index (κ3) is 3.35. The van der Waals surface area contributed by atoms with Crippen molar-refractivity contribution in [2.45, 2.75) is 25.8 Å². The van der Waals surface area contributed by atoms with Gasteiger partial charge in [-0.1, -0.05) is 0 Å². The van der Waals surface area contributed by atoms with E-state index in [0.717, 1.165) is 35.7 Å². The summed E-state index contributed by atoms with van der Waals surface area (Å²) in [5.74, 6) is 0. The van der Waals surface area contributed by atoms with Crippen molar-refractivity contribution in [3.05, 3.63) is 54.5 Å². The van der Waals surface area contributed by atoms with Crippen LogP contribution in [0.3, 0.4) is 0 Å². The second-order valence-electron chi connectivity index (χ2n) is 6.83. The topological polar surface area (TPSA) is 50.3 Å². The van der Waals surface area contributed by atoms with Gasteiger partial charge in [0.25, 0.3) is 0 Å². The van der Waals surface area contributed by atoms with Crippen molar-refractivity contribution in [3.8, 4) is 0 Å². The lowest BCUT2D eigenvalue weighted by molar-refractivity contribution is 0.181. The van der Waals surface area contributed by atoms with Gasteiger partial charge in [-0.05, 0) is 56.2 Å². The van der Waals surface area contributed by atoms with Crippen LogP contribution in [0.4, 0.5) is 17.1 Å². The average molecular weight is 348 g/mol. The molecule has 5 heteroatoms. The normalized spacial score (nSPS) is 17.0. The fourth-order valence-electron chi connectivity index (χ4n) is 3.78. The Morgan fingerprint density at radius 1 is 1.23 bits per heavy atom. The Labute approximate surface area is 154 Å². The van der Waals surface area contributed by atoms with E-state index in [9.17, 15) is 0 Å². The van der Waals surface area contributed by atoms with Crippen LogP contribution in [0.2, 0.25) is 0 Å². The van der Waals surface area contributed by atoms with E-state index in [-0.39, 0.29) is 0 Å². The predicted octanol–water partition coefficient (Wildman–Crippen LogP) is 4.30. The van der Waals surface area contributed by atoms with Gasteiger partial charge in [-0.25, -0.2) is 0 Å². The molecule has 1 fully saturated rings. The van der Waals surface area contributed by atoms with E-state index in [1.54, 1.807) is 13.3 Å². The first-order chi connectivity index (χ1) is 12.7. The highest BCUT2D eigenvalue weighted by Crippen LogP contribution is 2.34. The van der Waals surface area contributed by atoms with Crippen LogP contribution in [0.25, 0.3) is 10.9 Å². The first-order valence-corrected chi connectivity index (χ1v) is 9.08. The second-order valence-corrected chi connectivity index (χ2v) is 6.83. The number of pyridine rings is 2. The number of methoxy groups -OCH3 is 1. The average Bonchev–Trinajstić information content (AvgIpc) is 3.10. The maximum absolute atomic E-state index is 5.43. The summed E-state index contributed by atoms with van der Waals surface area (Å²) in [5, 5.41) is 4.59. The maximum atomic E-state index is 5.43. The van der Waals surface area contributed by atoms with Gasteiger partial charge in [0.05, 0.1) is 30.0 Å². The number of nitrogens with one attached hydrogen (secondary N) is 1. The van der Waals surface area contributed by atoms with Crippen molar-refractivity contribution in [2.75, 3.05) is 30.5 Å². The highest BCUT2D eigenvalue weighted by atomic mass is 16.5. The fourth-order valence-corrected chi connectivity index (χ4v) is 3.78. The van der Waals surface area contributed by atoms with E-state index in [1.165, 1.54) is 23.9 Å². The van der Waals surface area contributed by atoms with Crippen LogP contribution in [0.5, 0.6) is 0 Å². The Bertz CT molecular complexity index is 897. The molecule has 0 aliphatic carbocycles. The molecule has 3 heterocycles. The van der Waals surface area contributed by atoms with Crippen LogP contribution in [-0.4, -0.2) is 36.3 Å². The number of nitrogens with zero attached hydrogens (tertiary/aromatic N) is 3. The van der Waals surface area contributed by atoms with Gasteiger partial charge in [-0.15, -0.1) is 0 Å². The molecular formula is C21H24N4O. The minimum Gasteiger partial charge on any atom is -0.383 e. The number of fused-ring (bicyclic) bond motifs is 1. The van der Waals surface area contributed by atoms with Gasteiger partial charge < -0.3 is 15.0 Å². The van der Waals surface area contributed by atoms with Gasteiger partial charge in [-0.3, -0.25) is 9.97 Å². The Morgan fingerprint density at radius 3 is 2.96 bits per heavy atom. The van der Waals surface area contributed by atoms with E-state index in [0.29, 0.717) is 6.04 Å². The highest BCUT2D eigenvalue weighted by molar-refractivity contribution is 5.94. The lowest BCUT2D eigenvalue weighted by atomic mass is 10.1. The molecule has 4 rings (SSSR count). The van der Waals surface area contributed by atoms with Crippen molar-refractivity contribution in [2.24, 2.45) is 0 Å². The molecule has 1 aromatic carbocycles. The predicted molar refractivity (Wildman–Crippen MR) is 106 cm³/mol. The molecular weight excluding hydrogens is 324 g/mol. The van der Waals surface area contributed by atoms with Crippen LogP contribution in [0, 0.1) is 6.92 Å². The van der Waals surface area contributed by atoms with E-state index in [4.69, 9.17) is 9.72 Å². The molecule has 1 aliphatic heterocycles. The summed E-state index contributed by atoms with van der Waals surface area (Å²) in [6.45, 7) is 3.90. The Hall–Kier alpha value is -2.66. The zero-order valence-electron chi connectivity index (χ0n) is 15.3. The van der Waals surface area contributed by atoms with Crippen LogP contribution >= 0.6 is 0 Å². The van der Waals surface area contributed by atoms with Gasteiger partial charge in [0.2, 0.25) is 0 Å². The zero-order valence-corrected chi connectivity index (χ0v) is 15.3. The number of hydrogen-bond donors (Lipinski definition) is 1. The molecule has 2 aromatic heterocycles. The van der Waals surface area contributed by atoms with Crippen LogP contribution < -0.4 is 10.2 Å². The summed E-state index contributed by atoms with van der Waals surface area (Å²) in [5.41, 5.74) is 5.30. The van der Waals surface area contributed by atoms with E-state index in [1.807, 2.05) is 18.3 Å². The first kappa shape index (κ1) is 16.8. The SMILES string of the molecule is COC[C@@H]1CCCN1c1cc(C)nc2cc(Nc3cccnc3)ccc12. The summed E-state index contributed by atoms with van der Waals surface area (Å²) in [7, 11) is 1.78. The fraction of sp³-hybridized carbons (Fsp3) is 0.333. The number of aromatic nitrogens is 2. The maximum Gasteiger partial charge on any atom is 0.0746 e. The lowest BCUT2D eigenvalue weighted by Gasteiger charge is -2.28. The first-order valence-electron chi connectivity index (χ1n) is 9.08. The summed E-state index contributed by atoms with van der Waals surface area (Å²) in [6.07, 6.45) is 5.98. The molecule has 0 bridgehead atoms. The number of anilines is 3. The van der Waals surface area contributed by atoms with Crippen molar-refractivity contribution in [1.82, 2.24) is 9.97 Å². The molecule has 5 nitrogen and oxygen atoms in total. The Morgan fingerprint density at radius 2 is 2.15 bits per heavy atom. The van der Waals surface area contributed by atoms with Gasteiger partial charge in [0.1, 0.15) is 0 Å². The third-order valence-electron chi connectivity index (χ3n) is 4.91. The van der Waals surface area contributed by atoms with Crippen LogP contribution in [-0.2, 0) is 4.74 Å². The van der Waals surface area contributed by atoms with E-state index < -0.39 is 0 Å². The zero-order chi connectivity index (χ0) is 17.9. The molecule has 0 spiro atoms. The molecule has 0 radical (unpaired) electrons. The minimum absolute atomic E-state index is 0.443. The van der Waals surface area contributed by atoms with E-state index in [2.05, 4.69) is 46.4 Å². The van der Waals surface area contributed by atoms with E-state index >= 15 is 0 Å². The van der Waals surface area contributed by atoms with Crippen molar-refractivity contribution in [3.63, 3.8) is 0 Å². The summed E-state index contributed by atoms with van der Waals surface area (Å²) in [4.78, 5) is 11.4. The van der Waals surface area contributed by atoms with Gasteiger partial charge in [-0.2, -0.15) is 0 Å². The molecule has 1 aliphatic rings. The molecule has 26 heavy (non-hydrogen) atoms.